The fourth-order valence-electron chi connectivity index (χ4n) is 0. The van der Waals surface area contributed by atoms with Gasteiger partial charge in [0.05, 0.1) is 0 Å². The molecule has 0 aliphatic rings. The average Bonchev–Trinajstić information content (AvgIpc) is 1.76. The minimum absolute atomic E-state index is 0. The van der Waals surface area contributed by atoms with Crippen LogP contribution in [0.25, 0.3) is 0 Å². The second kappa shape index (κ2) is 31.8. The van der Waals surface area contributed by atoms with E-state index in [2.05, 4.69) is 0 Å². The van der Waals surface area contributed by atoms with Gasteiger partial charge in [0.25, 0.3) is 0 Å². The van der Waals surface area contributed by atoms with E-state index in [0.717, 1.165) is 0 Å². The van der Waals surface area contributed by atoms with Gasteiger partial charge >= 0.3 is 160 Å². The summed E-state index contributed by atoms with van der Waals surface area (Å²) in [7, 11) is 0. The maximum atomic E-state index is 8.62. The fourth-order valence-corrected chi connectivity index (χ4v) is 0. The Balaban J connectivity index is -0.0000000257. The van der Waals surface area contributed by atoms with Gasteiger partial charge in [-0.3, -0.25) is 0 Å². The smallest absolute Gasteiger partial charge is 2.00 e. The summed E-state index contributed by atoms with van der Waals surface area (Å²) in [6.45, 7) is 0. The molecule has 0 aliphatic carbocycles. The molecule has 0 amide bonds. The standard InChI is InChI=1S/Mn.12O.Pb.4Ta/q+2;;;;;;;;;4*-1;+2;;;;. The van der Waals surface area contributed by atoms with E-state index in [9.17, 15) is 0 Å². The molecule has 0 fully saturated rings. The molecule has 0 aliphatic heterocycles. The van der Waals surface area contributed by atoms with Gasteiger partial charge < -0.3 is 0 Å². The predicted octanol–water partition coefficient (Wildman–Crippen LogP) is -6.10. The molecule has 103 valence electrons. The Morgan fingerprint density at radius 2 is 0.444 bits per heavy atom. The molecule has 0 bridgehead atoms. The first kappa shape index (κ1) is 37.1. The maximum Gasteiger partial charge on any atom is 2.00 e. The second-order valence-electron chi connectivity index (χ2n) is 0.894. The Morgan fingerprint density at radius 3 is 0.444 bits per heavy atom. The molecular weight excluding hydrogens is 1180 g/mol. The van der Waals surface area contributed by atoms with Crippen LogP contribution in [0.1, 0.15) is 0 Å². The van der Waals surface area contributed by atoms with Crippen molar-refractivity contribution in [2.75, 3.05) is 0 Å². The van der Waals surface area contributed by atoms with Gasteiger partial charge in [-0.1, -0.05) is 0 Å². The van der Waals surface area contributed by atoms with Crippen LogP contribution in [-0.4, -0.2) is 27.3 Å². The molecule has 18 heteroatoms. The van der Waals surface area contributed by atoms with Gasteiger partial charge in [0.15, 0.2) is 0 Å². The monoisotopic (exact) mass is 1180 g/mol. The normalized spacial score (nSPS) is 5.56. The quantitative estimate of drug-likeness (QED) is 0.207. The molecule has 3 radical (unpaired) electrons. The fraction of sp³-hybridized carbons (Fsp3) is 0. The van der Waals surface area contributed by atoms with E-state index in [4.69, 9.17) is 40.5 Å². The van der Waals surface area contributed by atoms with E-state index in [1.54, 1.807) is 0 Å². The first-order valence-corrected chi connectivity index (χ1v) is 17.9. The van der Waals surface area contributed by atoms with E-state index in [0.29, 0.717) is 0 Å². The van der Waals surface area contributed by atoms with Crippen LogP contribution in [0, 0.1) is 0 Å². The minimum Gasteiger partial charge on any atom is 2.00 e. The summed E-state index contributed by atoms with van der Waals surface area (Å²) >= 11 is -17.4. The van der Waals surface area contributed by atoms with Crippen molar-refractivity contribution in [1.29, 1.82) is 0 Å². The zero-order chi connectivity index (χ0) is 14.3. The molecule has 0 saturated heterocycles. The topological polar surface area (TPSA) is 229 Å². The molecule has 0 rings (SSSR count). The first-order valence-electron chi connectivity index (χ1n) is 2.19. The van der Waals surface area contributed by atoms with Crippen molar-refractivity contribution in [3.8, 4) is 0 Å². The minimum atomic E-state index is -4.34. The summed E-state index contributed by atoms with van der Waals surface area (Å²) in [5, 5.41) is 0. The van der Waals surface area contributed by atoms with E-state index in [-0.39, 0.29) is 44.4 Å². The van der Waals surface area contributed by atoms with Crippen LogP contribution in [-0.2, 0) is 118 Å². The van der Waals surface area contributed by atoms with Gasteiger partial charge in [0.1, 0.15) is 0 Å². The van der Waals surface area contributed by atoms with Gasteiger partial charge in [-0.2, -0.15) is 0 Å². The summed E-state index contributed by atoms with van der Waals surface area (Å²) in [6.07, 6.45) is 0. The molecule has 0 aromatic carbocycles. The van der Waals surface area contributed by atoms with Crippen molar-refractivity contribution >= 4 is 27.3 Å². The molecule has 0 unspecified atom stereocenters. The van der Waals surface area contributed by atoms with Crippen LogP contribution in [0.3, 0.4) is 0 Å². The Hall–Kier alpha value is 2.64. The third-order valence-corrected chi connectivity index (χ3v) is 0. The van der Waals surface area contributed by atoms with Crippen molar-refractivity contribution in [1.82, 2.24) is 0 Å². The molecule has 18 heavy (non-hydrogen) atoms. The number of hydrogen-bond acceptors (Lipinski definition) is 12. The van der Waals surface area contributed by atoms with Crippen LogP contribution in [0.5, 0.6) is 0 Å². The SMILES string of the molecule is [Mn+2].[O]=[Ta](=[O])[O-].[O]=[Ta](=[O])[O-].[O]=[Ta](=[O])[O-].[O]=[Ta](=[O])[O-].[Pb+2]. The van der Waals surface area contributed by atoms with Gasteiger partial charge in [0.2, 0.25) is 0 Å². The Kier molecular flexibility index (Phi) is 65.7. The summed E-state index contributed by atoms with van der Waals surface area (Å²) in [4.78, 5) is 0. The maximum absolute atomic E-state index is 8.62. The van der Waals surface area contributed by atoms with Gasteiger partial charge in [-0.05, 0) is 0 Å². The molecule has 0 atom stereocenters. The number of hydrogen-bond donors (Lipinski definition) is 0. The third-order valence-electron chi connectivity index (χ3n) is 0. The Morgan fingerprint density at radius 1 is 0.444 bits per heavy atom. The largest absolute Gasteiger partial charge is 2.00 e. The van der Waals surface area contributed by atoms with Gasteiger partial charge in [0, 0.05) is 0 Å². The van der Waals surface area contributed by atoms with Crippen molar-refractivity contribution in [2.45, 2.75) is 0 Å². The molecule has 0 N–H and O–H groups in total. The first-order chi connectivity index (χ1) is 6.93. The summed E-state index contributed by atoms with van der Waals surface area (Å²) in [6, 6.07) is 0. The van der Waals surface area contributed by atoms with E-state index in [1.165, 1.54) is 0 Å². The summed E-state index contributed by atoms with van der Waals surface area (Å²) < 4.78 is 103. The van der Waals surface area contributed by atoms with Crippen molar-refractivity contribution in [3.05, 3.63) is 0 Å². The van der Waals surface area contributed by atoms with Crippen LogP contribution >= 0.6 is 0 Å². The molecule has 0 aromatic rings. The average molecular weight is 1180 g/mol. The van der Waals surface area contributed by atoms with Crippen molar-refractivity contribution in [3.63, 3.8) is 0 Å². The van der Waals surface area contributed by atoms with Crippen LogP contribution in [0.4, 0.5) is 0 Å². The molecule has 0 aromatic heterocycles. The molecular formula is MnO12PbTa4. The summed E-state index contributed by atoms with van der Waals surface area (Å²) in [5.74, 6) is 0. The molecule has 0 heterocycles. The summed E-state index contributed by atoms with van der Waals surface area (Å²) in [5.41, 5.74) is 0. The van der Waals surface area contributed by atoms with Crippen molar-refractivity contribution in [2.24, 2.45) is 0 Å². The van der Waals surface area contributed by atoms with Crippen molar-refractivity contribution < 1.29 is 133 Å². The zero-order valence-corrected chi connectivity index (χ0v) is 25.5. The molecule has 12 nitrogen and oxygen atoms in total. The van der Waals surface area contributed by atoms with E-state index >= 15 is 0 Å². The van der Waals surface area contributed by atoms with Crippen LogP contribution in [0.2, 0.25) is 0 Å². The van der Waals surface area contributed by atoms with E-state index in [1.807, 2.05) is 0 Å². The Bertz CT molecular complexity index is 298. The third kappa shape index (κ3) is 831. The predicted molar refractivity (Wildman–Crippen MR) is 11.2 cm³/mol. The molecule has 0 spiro atoms. The molecule has 0 saturated carbocycles. The Labute approximate surface area is 157 Å². The van der Waals surface area contributed by atoms with Gasteiger partial charge in [-0.25, -0.2) is 0 Å². The zero-order valence-electron chi connectivity index (χ0n) is 7.57. The van der Waals surface area contributed by atoms with Crippen LogP contribution in [0.15, 0.2) is 0 Å². The van der Waals surface area contributed by atoms with E-state index < -0.39 is 75.1 Å². The van der Waals surface area contributed by atoms with Crippen LogP contribution < -0.4 is 14.5 Å². The number of rotatable bonds is 0. The van der Waals surface area contributed by atoms with Gasteiger partial charge in [-0.15, -0.1) is 0 Å². The second-order valence-corrected chi connectivity index (χ2v) is 7.32.